The zero-order valence-corrected chi connectivity index (χ0v) is 16.0. The molecule has 1 fully saturated rings. The Labute approximate surface area is 154 Å². The lowest BCUT2D eigenvalue weighted by atomic mass is 9.91. The molecular weight excluding hydrogens is 328 g/mol. The van der Waals surface area contributed by atoms with Crippen molar-refractivity contribution < 1.29 is 4.79 Å². The maximum atomic E-state index is 12.4. The summed E-state index contributed by atoms with van der Waals surface area (Å²) >= 11 is 0. The third-order valence-corrected chi connectivity index (χ3v) is 4.65. The minimum absolute atomic E-state index is 0.0292. The first-order chi connectivity index (χ1) is 12.5. The molecular formula is C19H28N6O. The molecule has 1 aliphatic heterocycles. The lowest BCUT2D eigenvalue weighted by Crippen LogP contribution is -2.41. The molecule has 3 heterocycles. The summed E-state index contributed by atoms with van der Waals surface area (Å²) in [5.74, 6) is 1.12. The smallest absolute Gasteiger partial charge is 0.225 e. The van der Waals surface area contributed by atoms with Crippen molar-refractivity contribution in [1.29, 1.82) is 0 Å². The summed E-state index contributed by atoms with van der Waals surface area (Å²) in [7, 11) is 0. The molecule has 2 aromatic heterocycles. The molecule has 0 aliphatic carbocycles. The summed E-state index contributed by atoms with van der Waals surface area (Å²) in [6.07, 6.45) is 5.63. The standard InChI is InChI=1S/C19H28N6O/c1-12(2)18(26)25-9-5-6-14(11-25)17-15(10-21-24-17)16-7-8-20-19(23-16)22-13(3)4/h7-8,10,12-14H,5-6,9,11H2,1-4H3,(H,21,24)(H,20,22,23). The van der Waals surface area contributed by atoms with Gasteiger partial charge in [0.05, 0.1) is 11.9 Å². The first-order valence-electron chi connectivity index (χ1n) is 9.37. The van der Waals surface area contributed by atoms with Crippen LogP contribution in [0.2, 0.25) is 0 Å². The van der Waals surface area contributed by atoms with Crippen LogP contribution in [0, 0.1) is 5.92 Å². The van der Waals surface area contributed by atoms with Crippen LogP contribution in [0.5, 0.6) is 0 Å². The van der Waals surface area contributed by atoms with Crippen LogP contribution in [0.4, 0.5) is 5.95 Å². The second kappa shape index (κ2) is 7.85. The molecule has 1 atom stereocenters. The van der Waals surface area contributed by atoms with E-state index in [1.807, 2.05) is 31.0 Å². The van der Waals surface area contributed by atoms with E-state index < -0.39 is 0 Å². The number of carbonyl (C=O) groups is 1. The van der Waals surface area contributed by atoms with E-state index in [0.717, 1.165) is 42.9 Å². The van der Waals surface area contributed by atoms with Crippen molar-refractivity contribution >= 4 is 11.9 Å². The molecule has 0 aromatic carbocycles. The van der Waals surface area contributed by atoms with Crippen LogP contribution >= 0.6 is 0 Å². The van der Waals surface area contributed by atoms with Crippen molar-refractivity contribution in [1.82, 2.24) is 25.1 Å². The number of rotatable bonds is 5. The minimum atomic E-state index is 0.0292. The number of hydrogen-bond acceptors (Lipinski definition) is 5. The lowest BCUT2D eigenvalue weighted by Gasteiger charge is -2.33. The van der Waals surface area contributed by atoms with E-state index in [4.69, 9.17) is 0 Å². The molecule has 1 unspecified atom stereocenters. The first kappa shape index (κ1) is 18.4. The van der Waals surface area contributed by atoms with Gasteiger partial charge in [0.2, 0.25) is 11.9 Å². The second-order valence-corrected chi connectivity index (χ2v) is 7.54. The Hall–Kier alpha value is -2.44. The van der Waals surface area contributed by atoms with Gasteiger partial charge in [-0.3, -0.25) is 9.89 Å². The van der Waals surface area contributed by atoms with Crippen molar-refractivity contribution in [2.75, 3.05) is 18.4 Å². The second-order valence-electron chi connectivity index (χ2n) is 7.54. The van der Waals surface area contributed by atoms with Crippen LogP contribution in [0.1, 0.15) is 52.1 Å². The van der Waals surface area contributed by atoms with Crippen molar-refractivity contribution in [2.24, 2.45) is 5.92 Å². The van der Waals surface area contributed by atoms with Crippen LogP contribution in [-0.2, 0) is 4.79 Å². The van der Waals surface area contributed by atoms with Gasteiger partial charge in [0.1, 0.15) is 0 Å². The molecule has 2 aromatic rings. The fourth-order valence-corrected chi connectivity index (χ4v) is 3.43. The number of amides is 1. The predicted octanol–water partition coefficient (Wildman–Crippen LogP) is 3.05. The van der Waals surface area contributed by atoms with Crippen LogP contribution in [0.3, 0.4) is 0 Å². The van der Waals surface area contributed by atoms with Crippen LogP contribution in [0.25, 0.3) is 11.3 Å². The van der Waals surface area contributed by atoms with Gasteiger partial charge < -0.3 is 10.2 Å². The molecule has 0 bridgehead atoms. The number of aromatic amines is 1. The molecule has 0 radical (unpaired) electrons. The van der Waals surface area contributed by atoms with Gasteiger partial charge in [0, 0.05) is 48.4 Å². The molecule has 1 amide bonds. The number of piperidine rings is 1. The van der Waals surface area contributed by atoms with E-state index in [-0.39, 0.29) is 23.8 Å². The van der Waals surface area contributed by atoms with Gasteiger partial charge in [-0.25, -0.2) is 9.97 Å². The number of nitrogens with zero attached hydrogens (tertiary/aromatic N) is 4. The largest absolute Gasteiger partial charge is 0.352 e. The number of anilines is 1. The average Bonchev–Trinajstić information content (AvgIpc) is 3.10. The van der Waals surface area contributed by atoms with Gasteiger partial charge in [-0.1, -0.05) is 13.8 Å². The Balaban J connectivity index is 1.83. The van der Waals surface area contributed by atoms with Crippen LogP contribution in [-0.4, -0.2) is 50.1 Å². The van der Waals surface area contributed by atoms with Crippen LogP contribution < -0.4 is 5.32 Å². The maximum absolute atomic E-state index is 12.4. The Kier molecular flexibility index (Phi) is 5.54. The number of H-pyrrole nitrogens is 1. The molecule has 1 saturated heterocycles. The molecule has 26 heavy (non-hydrogen) atoms. The van der Waals surface area contributed by atoms with Gasteiger partial charge in [-0.2, -0.15) is 5.10 Å². The quantitative estimate of drug-likeness (QED) is 0.860. The van der Waals surface area contributed by atoms with Gasteiger partial charge in [0.15, 0.2) is 0 Å². The summed E-state index contributed by atoms with van der Waals surface area (Å²) in [5, 5.41) is 10.6. The zero-order valence-electron chi connectivity index (χ0n) is 16.0. The lowest BCUT2D eigenvalue weighted by molar-refractivity contribution is -0.135. The topological polar surface area (TPSA) is 86.8 Å². The highest BCUT2D eigenvalue weighted by molar-refractivity contribution is 5.78. The van der Waals surface area contributed by atoms with Crippen molar-refractivity contribution in [3.8, 4) is 11.3 Å². The Morgan fingerprint density at radius 1 is 1.35 bits per heavy atom. The summed E-state index contributed by atoms with van der Waals surface area (Å²) in [4.78, 5) is 23.3. The fraction of sp³-hybridized carbons (Fsp3) is 0.579. The number of nitrogens with one attached hydrogen (secondary N) is 2. The van der Waals surface area contributed by atoms with E-state index >= 15 is 0 Å². The fourth-order valence-electron chi connectivity index (χ4n) is 3.43. The first-order valence-corrected chi connectivity index (χ1v) is 9.37. The van der Waals surface area contributed by atoms with Gasteiger partial charge >= 0.3 is 0 Å². The van der Waals surface area contributed by atoms with Crippen molar-refractivity contribution in [3.05, 3.63) is 24.2 Å². The van der Waals surface area contributed by atoms with Gasteiger partial charge in [0.25, 0.3) is 0 Å². The molecule has 1 aliphatic rings. The minimum Gasteiger partial charge on any atom is -0.352 e. The van der Waals surface area contributed by atoms with Crippen molar-refractivity contribution in [3.63, 3.8) is 0 Å². The molecule has 0 spiro atoms. The summed E-state index contributed by atoms with van der Waals surface area (Å²) in [6, 6.07) is 2.17. The highest BCUT2D eigenvalue weighted by Gasteiger charge is 2.28. The van der Waals surface area contributed by atoms with Gasteiger partial charge in [-0.15, -0.1) is 0 Å². The number of likely N-dealkylation sites (tertiary alicyclic amines) is 1. The highest BCUT2D eigenvalue weighted by Crippen LogP contribution is 2.32. The SMILES string of the molecule is CC(C)Nc1nccc(-c2cn[nH]c2C2CCCN(C(=O)C(C)C)C2)n1. The molecule has 140 valence electrons. The maximum Gasteiger partial charge on any atom is 0.225 e. The van der Waals surface area contributed by atoms with E-state index in [2.05, 4.69) is 39.3 Å². The third kappa shape index (κ3) is 4.03. The number of aromatic nitrogens is 4. The number of hydrogen-bond donors (Lipinski definition) is 2. The molecule has 7 heteroatoms. The Bertz CT molecular complexity index is 754. The zero-order chi connectivity index (χ0) is 18.7. The molecule has 3 rings (SSSR count). The van der Waals surface area contributed by atoms with E-state index in [0.29, 0.717) is 5.95 Å². The third-order valence-electron chi connectivity index (χ3n) is 4.65. The average molecular weight is 356 g/mol. The molecule has 2 N–H and O–H groups in total. The predicted molar refractivity (Wildman–Crippen MR) is 102 cm³/mol. The summed E-state index contributed by atoms with van der Waals surface area (Å²) in [6.45, 7) is 9.60. The number of carbonyl (C=O) groups excluding carboxylic acids is 1. The normalized spacial score (nSPS) is 17.8. The van der Waals surface area contributed by atoms with Crippen molar-refractivity contribution in [2.45, 2.75) is 52.5 Å². The van der Waals surface area contributed by atoms with Crippen LogP contribution in [0.15, 0.2) is 18.5 Å². The summed E-state index contributed by atoms with van der Waals surface area (Å²) in [5.41, 5.74) is 2.89. The monoisotopic (exact) mass is 356 g/mol. The Morgan fingerprint density at radius 3 is 2.88 bits per heavy atom. The van der Waals surface area contributed by atoms with E-state index in [9.17, 15) is 4.79 Å². The van der Waals surface area contributed by atoms with E-state index in [1.165, 1.54) is 0 Å². The molecule has 7 nitrogen and oxygen atoms in total. The Morgan fingerprint density at radius 2 is 2.15 bits per heavy atom. The summed E-state index contributed by atoms with van der Waals surface area (Å²) < 4.78 is 0. The van der Waals surface area contributed by atoms with E-state index in [1.54, 1.807) is 6.20 Å². The molecule has 0 saturated carbocycles. The highest BCUT2D eigenvalue weighted by atomic mass is 16.2. The van der Waals surface area contributed by atoms with Gasteiger partial charge in [-0.05, 0) is 32.8 Å².